The largest absolute Gasteiger partial charge is 0.478 e. The number of carbonyl (C=O) groups is 1. The molecule has 23 heavy (non-hydrogen) atoms. The first-order valence-electron chi connectivity index (χ1n) is 6.96. The van der Waals surface area contributed by atoms with Gasteiger partial charge in [0.1, 0.15) is 5.82 Å². The van der Waals surface area contributed by atoms with Gasteiger partial charge in [0.2, 0.25) is 0 Å². The first-order valence-corrected chi connectivity index (χ1v) is 8.40. The molecular formula is C16H14FNO4S. The van der Waals surface area contributed by atoms with Crippen LogP contribution in [0.25, 0.3) is 0 Å². The molecule has 2 aromatic carbocycles. The van der Waals surface area contributed by atoms with Crippen LogP contribution in [-0.4, -0.2) is 26.0 Å². The average molecular weight is 335 g/mol. The zero-order valence-electron chi connectivity index (χ0n) is 12.3. The number of carboxylic acids is 1. The molecule has 1 aliphatic heterocycles. The third kappa shape index (κ3) is 2.57. The van der Waals surface area contributed by atoms with Crippen molar-refractivity contribution < 1.29 is 22.7 Å². The number of rotatable bonds is 3. The van der Waals surface area contributed by atoms with Gasteiger partial charge in [0.25, 0.3) is 10.0 Å². The Hall–Kier alpha value is -2.41. The molecule has 0 unspecified atom stereocenters. The lowest BCUT2D eigenvalue weighted by Crippen LogP contribution is -2.30. The van der Waals surface area contributed by atoms with Crippen LogP contribution < -0.4 is 4.31 Å². The summed E-state index contributed by atoms with van der Waals surface area (Å²) in [5.74, 6) is -1.71. The quantitative estimate of drug-likeness (QED) is 0.935. The number of carboxylic acid groups (broad SMARTS) is 1. The normalized spacial score (nSPS) is 13.9. The van der Waals surface area contributed by atoms with Gasteiger partial charge in [0.15, 0.2) is 0 Å². The molecule has 3 rings (SSSR count). The summed E-state index contributed by atoms with van der Waals surface area (Å²) >= 11 is 0. The second-order valence-electron chi connectivity index (χ2n) is 5.39. The highest BCUT2D eigenvalue weighted by Gasteiger charge is 2.32. The van der Waals surface area contributed by atoms with E-state index in [1.54, 1.807) is 13.0 Å². The van der Waals surface area contributed by atoms with Crippen LogP contribution in [0.2, 0.25) is 0 Å². The zero-order valence-corrected chi connectivity index (χ0v) is 13.1. The fourth-order valence-electron chi connectivity index (χ4n) is 2.70. The number of aryl methyl sites for hydroxylation is 1. The molecule has 7 heteroatoms. The third-order valence-electron chi connectivity index (χ3n) is 3.90. The summed E-state index contributed by atoms with van der Waals surface area (Å²) in [4.78, 5) is 11.0. The van der Waals surface area contributed by atoms with Crippen molar-refractivity contribution in [2.45, 2.75) is 18.2 Å². The van der Waals surface area contributed by atoms with E-state index in [2.05, 4.69) is 0 Å². The van der Waals surface area contributed by atoms with E-state index in [9.17, 15) is 17.6 Å². The lowest BCUT2D eigenvalue weighted by Gasteiger charge is -2.21. The van der Waals surface area contributed by atoms with Crippen molar-refractivity contribution in [3.63, 3.8) is 0 Å². The molecule has 0 aliphatic carbocycles. The summed E-state index contributed by atoms with van der Waals surface area (Å²) in [6.45, 7) is 1.80. The molecule has 1 heterocycles. The lowest BCUT2D eigenvalue weighted by atomic mass is 10.1. The Kier molecular flexibility index (Phi) is 3.60. The average Bonchev–Trinajstić information content (AvgIpc) is 2.90. The fraction of sp³-hybridized carbons (Fsp3) is 0.188. The molecule has 0 atom stereocenters. The van der Waals surface area contributed by atoms with Crippen molar-refractivity contribution in [3.05, 3.63) is 58.9 Å². The van der Waals surface area contributed by atoms with E-state index in [0.717, 1.165) is 15.9 Å². The topological polar surface area (TPSA) is 74.7 Å². The van der Waals surface area contributed by atoms with E-state index in [4.69, 9.17) is 5.11 Å². The van der Waals surface area contributed by atoms with Gasteiger partial charge in [-0.25, -0.2) is 17.6 Å². The molecule has 0 radical (unpaired) electrons. The van der Waals surface area contributed by atoms with Gasteiger partial charge in [-0.2, -0.15) is 0 Å². The van der Waals surface area contributed by atoms with Crippen LogP contribution in [0.5, 0.6) is 0 Å². The van der Waals surface area contributed by atoms with E-state index in [1.807, 2.05) is 0 Å². The van der Waals surface area contributed by atoms with Crippen LogP contribution in [0, 0.1) is 12.7 Å². The number of anilines is 1. The van der Waals surface area contributed by atoms with Crippen molar-refractivity contribution in [1.29, 1.82) is 0 Å². The van der Waals surface area contributed by atoms with Crippen LogP contribution in [0.1, 0.15) is 21.5 Å². The van der Waals surface area contributed by atoms with Gasteiger partial charge in [-0.05, 0) is 48.7 Å². The number of aromatic carboxylic acids is 1. The number of halogens is 1. The molecule has 0 saturated heterocycles. The smallest absolute Gasteiger partial charge is 0.335 e. The van der Waals surface area contributed by atoms with Crippen LogP contribution in [0.15, 0.2) is 41.3 Å². The highest BCUT2D eigenvalue weighted by atomic mass is 32.2. The Morgan fingerprint density at radius 2 is 1.96 bits per heavy atom. The third-order valence-corrected chi connectivity index (χ3v) is 5.86. The Labute approximate surface area is 133 Å². The number of hydrogen-bond acceptors (Lipinski definition) is 3. The minimum Gasteiger partial charge on any atom is -0.478 e. The first kappa shape index (κ1) is 15.5. The predicted octanol–water partition coefficient (Wildman–Crippen LogP) is 2.58. The summed E-state index contributed by atoms with van der Waals surface area (Å²) in [5, 5.41) is 9.07. The second-order valence-corrected chi connectivity index (χ2v) is 7.22. The number of sulfonamides is 1. The van der Waals surface area contributed by atoms with Crippen LogP contribution in [-0.2, 0) is 16.4 Å². The fourth-order valence-corrected chi connectivity index (χ4v) is 4.45. The summed E-state index contributed by atoms with van der Waals surface area (Å²) in [5.41, 5.74) is 1.40. The molecule has 0 fully saturated rings. The molecule has 1 aliphatic rings. The van der Waals surface area contributed by atoms with Crippen LogP contribution in [0.4, 0.5) is 10.1 Å². The van der Waals surface area contributed by atoms with Gasteiger partial charge in [-0.3, -0.25) is 4.31 Å². The van der Waals surface area contributed by atoms with Gasteiger partial charge in [0.05, 0.1) is 16.1 Å². The maximum atomic E-state index is 13.5. The number of benzene rings is 2. The highest BCUT2D eigenvalue weighted by Crippen LogP contribution is 2.34. The van der Waals surface area contributed by atoms with E-state index >= 15 is 0 Å². The van der Waals surface area contributed by atoms with Crippen molar-refractivity contribution in [2.75, 3.05) is 10.8 Å². The Balaban J connectivity index is 2.13. The van der Waals surface area contributed by atoms with Crippen molar-refractivity contribution in [1.82, 2.24) is 0 Å². The maximum absolute atomic E-state index is 13.5. The Morgan fingerprint density at radius 1 is 1.22 bits per heavy atom. The second kappa shape index (κ2) is 5.34. The molecule has 0 bridgehead atoms. The molecule has 5 nitrogen and oxygen atoms in total. The van der Waals surface area contributed by atoms with Gasteiger partial charge in [-0.15, -0.1) is 0 Å². The number of nitrogens with zero attached hydrogens (tertiary/aromatic N) is 1. The Morgan fingerprint density at radius 3 is 2.65 bits per heavy atom. The Bertz CT molecular complexity index is 908. The maximum Gasteiger partial charge on any atom is 0.335 e. The summed E-state index contributed by atoms with van der Waals surface area (Å²) in [6.07, 6.45) is 0.493. The highest BCUT2D eigenvalue weighted by molar-refractivity contribution is 7.93. The zero-order chi connectivity index (χ0) is 16.8. The van der Waals surface area contributed by atoms with E-state index in [1.165, 1.54) is 24.3 Å². The van der Waals surface area contributed by atoms with Gasteiger partial charge >= 0.3 is 5.97 Å². The van der Waals surface area contributed by atoms with Crippen molar-refractivity contribution in [2.24, 2.45) is 0 Å². The van der Waals surface area contributed by atoms with Crippen molar-refractivity contribution in [3.8, 4) is 0 Å². The minimum atomic E-state index is -3.95. The molecule has 0 spiro atoms. The molecular weight excluding hydrogens is 321 g/mol. The molecule has 120 valence electrons. The summed E-state index contributed by atoms with van der Waals surface area (Å²) in [6, 6.07) is 8.01. The molecule has 0 aromatic heterocycles. The molecule has 0 amide bonds. The number of fused-ring (bicyclic) bond motifs is 1. The summed E-state index contributed by atoms with van der Waals surface area (Å²) in [7, 11) is -3.95. The van der Waals surface area contributed by atoms with E-state index in [0.29, 0.717) is 17.7 Å². The first-order chi connectivity index (χ1) is 10.8. The number of hydrogen-bond donors (Lipinski definition) is 1. The minimum absolute atomic E-state index is 0.0745. The molecule has 2 aromatic rings. The van der Waals surface area contributed by atoms with E-state index in [-0.39, 0.29) is 17.0 Å². The van der Waals surface area contributed by atoms with Gasteiger partial charge in [0, 0.05) is 6.54 Å². The molecule has 1 N–H and O–H groups in total. The predicted molar refractivity (Wildman–Crippen MR) is 82.8 cm³/mol. The van der Waals surface area contributed by atoms with E-state index < -0.39 is 21.8 Å². The standard InChI is InChI=1S/C16H14FNO4S/c1-10-2-3-12(16(19)20)8-15(10)23(21,22)18-7-6-11-4-5-13(17)9-14(11)18/h2-5,8-9H,6-7H2,1H3,(H,19,20). The van der Waals surface area contributed by atoms with Crippen LogP contribution >= 0.6 is 0 Å². The van der Waals surface area contributed by atoms with Gasteiger partial charge < -0.3 is 5.11 Å². The lowest BCUT2D eigenvalue weighted by molar-refractivity contribution is 0.0696. The van der Waals surface area contributed by atoms with Crippen molar-refractivity contribution >= 4 is 21.7 Å². The SMILES string of the molecule is Cc1ccc(C(=O)O)cc1S(=O)(=O)N1CCc2ccc(F)cc21. The summed E-state index contributed by atoms with van der Waals surface area (Å²) < 4.78 is 40.4. The molecule has 0 saturated carbocycles. The van der Waals surface area contributed by atoms with Gasteiger partial charge in [-0.1, -0.05) is 12.1 Å². The monoisotopic (exact) mass is 335 g/mol. The van der Waals surface area contributed by atoms with Crippen LogP contribution in [0.3, 0.4) is 0 Å².